The van der Waals surface area contributed by atoms with E-state index in [0.29, 0.717) is 10.8 Å². The van der Waals surface area contributed by atoms with E-state index in [4.69, 9.17) is 0 Å². The van der Waals surface area contributed by atoms with Crippen molar-refractivity contribution in [1.29, 1.82) is 0 Å². The summed E-state index contributed by atoms with van der Waals surface area (Å²) in [5.74, 6) is 0. The number of allylic oxidation sites excluding steroid dienone is 8. The van der Waals surface area contributed by atoms with E-state index >= 15 is 0 Å². The molecule has 0 nitrogen and oxygen atoms in total. The van der Waals surface area contributed by atoms with Gasteiger partial charge in [0.05, 0.1) is 0 Å². The van der Waals surface area contributed by atoms with Crippen LogP contribution in [0.4, 0.5) is 0 Å². The molecule has 0 amide bonds. The zero-order chi connectivity index (χ0) is 23.3. The van der Waals surface area contributed by atoms with Crippen LogP contribution in [-0.4, -0.2) is 25.7 Å². The molecule has 185 valence electrons. The molecule has 0 fully saturated rings. The average Bonchev–Trinajstić information content (AvgIpc) is 3.16. The minimum Gasteiger partial charge on any atom is -0.273 e. The summed E-state index contributed by atoms with van der Waals surface area (Å²) in [7, 11) is -1.48. The predicted octanol–water partition coefficient (Wildman–Crippen LogP) is 9.30. The molecular formula is C26H51Cl2Si3Zr. The molecule has 2 aliphatic rings. The van der Waals surface area contributed by atoms with Crippen LogP contribution in [-0.2, 0) is 26.2 Å². The summed E-state index contributed by atoms with van der Waals surface area (Å²) >= 11 is 0. The molecule has 6 heteroatoms. The molecule has 0 aromatic carbocycles. The summed E-state index contributed by atoms with van der Waals surface area (Å²) in [5, 5.41) is 3.02. The van der Waals surface area contributed by atoms with Crippen molar-refractivity contribution in [3.8, 4) is 0 Å². The molecule has 0 N–H and O–H groups in total. The van der Waals surface area contributed by atoms with Gasteiger partial charge in [0.25, 0.3) is 0 Å². The largest absolute Gasteiger partial charge is 2.00 e. The second kappa shape index (κ2) is 15.9. The fraction of sp³-hybridized carbons (Fsp3) is 0.692. The first-order valence-electron chi connectivity index (χ1n) is 11.2. The summed E-state index contributed by atoms with van der Waals surface area (Å²) in [4.78, 5) is 0. The van der Waals surface area contributed by atoms with Crippen LogP contribution < -0.4 is 0 Å². The van der Waals surface area contributed by atoms with E-state index in [-0.39, 0.29) is 51.0 Å². The van der Waals surface area contributed by atoms with E-state index in [1.807, 2.05) is 0 Å². The molecule has 32 heavy (non-hydrogen) atoms. The Labute approximate surface area is 238 Å². The second-order valence-electron chi connectivity index (χ2n) is 12.5. The van der Waals surface area contributed by atoms with Gasteiger partial charge in [-0.05, 0) is 10.8 Å². The van der Waals surface area contributed by atoms with Crippen molar-refractivity contribution >= 4 is 50.5 Å². The Kier molecular flexibility index (Phi) is 20.1. The van der Waals surface area contributed by atoms with E-state index in [1.165, 1.54) is 10.4 Å². The number of hydrogen-bond donors (Lipinski definition) is 0. The van der Waals surface area contributed by atoms with Crippen molar-refractivity contribution in [2.75, 3.05) is 0 Å². The number of hydrogen-bond acceptors (Lipinski definition) is 0. The third-order valence-electron chi connectivity index (χ3n) is 5.12. The number of rotatable bonds is 2. The minimum absolute atomic E-state index is 0. The van der Waals surface area contributed by atoms with E-state index in [0.717, 1.165) is 22.4 Å². The molecule has 0 spiro atoms. The van der Waals surface area contributed by atoms with Crippen molar-refractivity contribution in [2.45, 2.75) is 107 Å². The molecule has 0 atom stereocenters. The Hall–Kier alpha value is 1.07. The van der Waals surface area contributed by atoms with Gasteiger partial charge in [0, 0.05) is 25.7 Å². The monoisotopic (exact) mass is 607 g/mol. The summed E-state index contributed by atoms with van der Waals surface area (Å²) in [6.07, 6.45) is 14.0. The first kappa shape index (κ1) is 40.3. The smallest absolute Gasteiger partial charge is 0.273 e. The molecule has 2 aliphatic carbocycles. The quantitative estimate of drug-likeness (QED) is 0.216. The standard InChI is InChI=1S/2C12H21Si.C2H7Si.2ClH.Zr/c2*1-12(2,3)10-7-8-11(9-10)13(4,5)6;1-3-2;;;/h2*9H,7H2,1-6H3;3H,1-2H3;2*1H;/q2*-1;;;;+2. The molecule has 2 rings (SSSR count). The number of halogens is 2. The predicted molar refractivity (Wildman–Crippen MR) is 158 cm³/mol. The molecule has 0 bridgehead atoms. The van der Waals surface area contributed by atoms with Gasteiger partial charge in [0.1, 0.15) is 0 Å². The Morgan fingerprint density at radius 3 is 0.969 bits per heavy atom. The van der Waals surface area contributed by atoms with Crippen molar-refractivity contribution in [3.05, 3.63) is 45.8 Å². The van der Waals surface area contributed by atoms with Gasteiger partial charge in [-0.15, -0.1) is 37.7 Å². The SMILES string of the molecule is CC(C)(C)C1=CC([Si](C)(C)C)=[C-]C1.CC(C)(C)C1=CC([Si](C)(C)C)=[C-]C1.C[SiH]C.Cl.Cl.[Zr+2]. The van der Waals surface area contributed by atoms with Gasteiger partial charge in [-0.1, -0.05) is 93.9 Å². The molecule has 0 aliphatic heterocycles. The topological polar surface area (TPSA) is 0 Å². The van der Waals surface area contributed by atoms with Crippen LogP contribution in [0.3, 0.4) is 0 Å². The average molecular weight is 610 g/mol. The van der Waals surface area contributed by atoms with E-state index in [2.05, 4.69) is 118 Å². The zero-order valence-electron chi connectivity index (χ0n) is 23.5. The molecule has 0 unspecified atom stereocenters. The van der Waals surface area contributed by atoms with Gasteiger partial charge in [-0.3, -0.25) is 12.2 Å². The van der Waals surface area contributed by atoms with Gasteiger partial charge in [0.15, 0.2) is 0 Å². The minimum atomic E-state index is -1.12. The maximum atomic E-state index is 3.54. The van der Waals surface area contributed by atoms with Gasteiger partial charge < -0.3 is 0 Å². The van der Waals surface area contributed by atoms with Crippen LogP contribution in [0, 0.1) is 23.0 Å². The Bertz CT molecular complexity index is 605. The first-order valence-corrected chi connectivity index (χ1v) is 20.5. The van der Waals surface area contributed by atoms with Crippen LogP contribution in [0.15, 0.2) is 33.7 Å². The maximum Gasteiger partial charge on any atom is 2.00 e. The van der Waals surface area contributed by atoms with Crippen LogP contribution in [0.1, 0.15) is 54.4 Å². The van der Waals surface area contributed by atoms with Gasteiger partial charge >= 0.3 is 26.2 Å². The summed E-state index contributed by atoms with van der Waals surface area (Å²) in [6.45, 7) is 32.4. The van der Waals surface area contributed by atoms with Crippen LogP contribution in [0.2, 0.25) is 52.4 Å². The molecular weight excluding hydrogens is 559 g/mol. The third-order valence-corrected chi connectivity index (χ3v) is 8.99. The fourth-order valence-corrected chi connectivity index (χ4v) is 5.31. The van der Waals surface area contributed by atoms with Gasteiger partial charge in [-0.25, -0.2) is 22.5 Å². The van der Waals surface area contributed by atoms with Crippen molar-refractivity contribution in [1.82, 2.24) is 0 Å². The Balaban J connectivity index is -0.000000201. The molecule has 0 aromatic heterocycles. The molecule has 0 saturated carbocycles. The Morgan fingerprint density at radius 2 is 0.875 bits per heavy atom. The first-order chi connectivity index (χ1) is 12.8. The summed E-state index contributed by atoms with van der Waals surface area (Å²) < 4.78 is 0. The van der Waals surface area contributed by atoms with Crippen molar-refractivity contribution in [2.24, 2.45) is 10.8 Å². The van der Waals surface area contributed by atoms with Crippen LogP contribution in [0.5, 0.6) is 0 Å². The molecule has 1 radical (unpaired) electrons. The summed E-state index contributed by atoms with van der Waals surface area (Å²) in [6, 6.07) is 0. The van der Waals surface area contributed by atoms with E-state index in [9.17, 15) is 0 Å². The maximum absolute atomic E-state index is 3.54. The molecule has 0 heterocycles. The van der Waals surface area contributed by atoms with E-state index < -0.39 is 16.1 Å². The second-order valence-corrected chi connectivity index (χ2v) is 23.7. The molecule has 0 saturated heterocycles. The van der Waals surface area contributed by atoms with Crippen LogP contribution >= 0.6 is 24.8 Å². The van der Waals surface area contributed by atoms with E-state index in [1.54, 1.807) is 11.1 Å². The molecule has 0 aromatic rings. The van der Waals surface area contributed by atoms with Crippen LogP contribution in [0.25, 0.3) is 0 Å². The third kappa shape index (κ3) is 15.1. The zero-order valence-corrected chi connectivity index (χ0v) is 30.7. The van der Waals surface area contributed by atoms with Gasteiger partial charge in [-0.2, -0.15) is 11.1 Å². The van der Waals surface area contributed by atoms with Gasteiger partial charge in [0.2, 0.25) is 0 Å². The normalized spacial score (nSPS) is 15.7. The van der Waals surface area contributed by atoms with Crippen molar-refractivity contribution in [3.63, 3.8) is 0 Å². The Morgan fingerprint density at radius 1 is 0.656 bits per heavy atom. The summed E-state index contributed by atoms with van der Waals surface area (Å²) in [5.41, 5.74) is 3.75. The van der Waals surface area contributed by atoms with Crippen molar-refractivity contribution < 1.29 is 26.2 Å². The fourth-order valence-electron chi connectivity index (χ4n) is 2.86.